The number of rotatable bonds is 6. The molecule has 0 aliphatic carbocycles. The molecular formula is C30H31F3N6O3. The molecule has 0 radical (unpaired) electrons. The van der Waals surface area contributed by atoms with E-state index in [-0.39, 0.29) is 34.4 Å². The van der Waals surface area contributed by atoms with Crippen molar-refractivity contribution in [1.29, 1.82) is 0 Å². The van der Waals surface area contributed by atoms with Crippen LogP contribution in [-0.2, 0) is 11.0 Å². The van der Waals surface area contributed by atoms with Crippen LogP contribution in [0.15, 0.2) is 54.7 Å². The molecular weight excluding hydrogens is 549 g/mol. The van der Waals surface area contributed by atoms with E-state index >= 15 is 0 Å². The fourth-order valence-electron chi connectivity index (χ4n) is 5.36. The van der Waals surface area contributed by atoms with E-state index in [1.807, 2.05) is 24.3 Å². The van der Waals surface area contributed by atoms with E-state index in [1.54, 1.807) is 29.2 Å². The molecule has 42 heavy (non-hydrogen) atoms. The molecule has 1 atom stereocenters. The number of hydrogen-bond acceptors (Lipinski definition) is 6. The number of halogens is 3. The smallest absolute Gasteiger partial charge is 0.433 e. The van der Waals surface area contributed by atoms with Crippen LogP contribution in [0.5, 0.6) is 5.75 Å². The van der Waals surface area contributed by atoms with Crippen molar-refractivity contribution in [3.63, 3.8) is 0 Å². The van der Waals surface area contributed by atoms with E-state index in [0.717, 1.165) is 10.1 Å². The Balaban J connectivity index is 1.40. The normalized spacial score (nSPS) is 15.1. The van der Waals surface area contributed by atoms with Gasteiger partial charge in [-0.05, 0) is 55.8 Å². The zero-order chi connectivity index (χ0) is 30.2. The second-order valence-corrected chi connectivity index (χ2v) is 10.3. The molecule has 0 bridgehead atoms. The van der Waals surface area contributed by atoms with Gasteiger partial charge in [0, 0.05) is 56.0 Å². The lowest BCUT2D eigenvalue weighted by Crippen LogP contribution is -2.49. The zero-order valence-electron chi connectivity index (χ0n) is 23.7. The number of nitrogens with one attached hydrogen (secondary N) is 1. The Labute approximate surface area is 240 Å². The largest absolute Gasteiger partial charge is 0.497 e. The number of carbonyl (C=O) groups is 2. The van der Waals surface area contributed by atoms with Crippen LogP contribution in [0.25, 0.3) is 16.9 Å². The molecule has 0 spiro atoms. The molecule has 1 aliphatic heterocycles. The minimum atomic E-state index is -4.72. The van der Waals surface area contributed by atoms with Gasteiger partial charge in [0.25, 0.3) is 5.91 Å². The number of alkyl halides is 3. The van der Waals surface area contributed by atoms with Crippen LogP contribution in [0.3, 0.4) is 0 Å². The van der Waals surface area contributed by atoms with Crippen molar-refractivity contribution in [1.82, 2.24) is 24.4 Å². The molecule has 5 rings (SSSR count). The molecule has 2 amide bonds. The standard InChI is InChI=1S/C30H31F3N6O3/c1-18-26(21-8-10-24(42-4)11-9-21)36-28-25(17-34-39(28)27(18)30(31,32)33)29(41)38-14-12-37(13-15-38)19(2)22-6-5-7-23(16-22)35-20(3)40/h5-11,16-17,19H,12-15H2,1-4H3,(H,35,40)/t19-/m0/s1. The van der Waals surface area contributed by atoms with Crippen LogP contribution < -0.4 is 10.1 Å². The van der Waals surface area contributed by atoms with Crippen LogP contribution in [0.2, 0.25) is 0 Å². The summed E-state index contributed by atoms with van der Waals surface area (Å²) in [7, 11) is 1.50. The SMILES string of the molecule is COc1ccc(-c2nc3c(C(=O)N4CCN([C@@H](C)c5cccc(NC(C)=O)c5)CC4)cnn3c(C(F)(F)F)c2C)cc1. The number of aromatic nitrogens is 3. The van der Waals surface area contributed by atoms with Gasteiger partial charge in [0.15, 0.2) is 11.3 Å². The van der Waals surface area contributed by atoms with Gasteiger partial charge in [-0.1, -0.05) is 12.1 Å². The van der Waals surface area contributed by atoms with Crippen molar-refractivity contribution in [2.45, 2.75) is 33.0 Å². The predicted octanol–water partition coefficient (Wildman–Crippen LogP) is 5.21. The summed E-state index contributed by atoms with van der Waals surface area (Å²) < 4.78 is 48.7. The summed E-state index contributed by atoms with van der Waals surface area (Å²) in [6, 6.07) is 14.2. The van der Waals surface area contributed by atoms with E-state index in [1.165, 1.54) is 27.2 Å². The van der Waals surface area contributed by atoms with Crippen molar-refractivity contribution in [3.8, 4) is 17.0 Å². The van der Waals surface area contributed by atoms with Gasteiger partial charge in [-0.3, -0.25) is 14.5 Å². The third-order valence-electron chi connectivity index (χ3n) is 7.58. The number of hydrogen-bond donors (Lipinski definition) is 1. The van der Waals surface area contributed by atoms with Crippen molar-refractivity contribution < 1.29 is 27.5 Å². The van der Waals surface area contributed by atoms with E-state index in [4.69, 9.17) is 4.74 Å². The monoisotopic (exact) mass is 580 g/mol. The summed E-state index contributed by atoms with van der Waals surface area (Å²) in [4.78, 5) is 33.4. The summed E-state index contributed by atoms with van der Waals surface area (Å²) in [5.74, 6) is -0.0134. The van der Waals surface area contributed by atoms with Crippen molar-refractivity contribution in [2.24, 2.45) is 0 Å². The Morgan fingerprint density at radius 1 is 1.05 bits per heavy atom. The summed E-state index contributed by atoms with van der Waals surface area (Å²) >= 11 is 0. The maximum atomic E-state index is 14.3. The lowest BCUT2D eigenvalue weighted by molar-refractivity contribution is -0.143. The summed E-state index contributed by atoms with van der Waals surface area (Å²) in [6.45, 7) is 6.76. The Kier molecular flexibility index (Phi) is 7.91. The minimum Gasteiger partial charge on any atom is -0.497 e. The number of nitrogens with zero attached hydrogens (tertiary/aromatic N) is 5. The molecule has 1 saturated heterocycles. The Morgan fingerprint density at radius 3 is 2.36 bits per heavy atom. The van der Waals surface area contributed by atoms with Crippen LogP contribution in [0, 0.1) is 6.92 Å². The quantitative estimate of drug-likeness (QED) is 0.337. The Bertz CT molecular complexity index is 1630. The van der Waals surface area contributed by atoms with E-state index < -0.39 is 17.8 Å². The van der Waals surface area contributed by atoms with Gasteiger partial charge in [-0.2, -0.15) is 18.3 Å². The first-order chi connectivity index (χ1) is 20.0. The fraction of sp³-hybridized carbons (Fsp3) is 0.333. The number of methoxy groups -OCH3 is 1. The summed E-state index contributed by atoms with van der Waals surface area (Å²) in [6.07, 6.45) is -3.56. The number of benzene rings is 2. The van der Waals surface area contributed by atoms with Gasteiger partial charge in [0.2, 0.25) is 5.91 Å². The molecule has 4 aromatic rings. The highest BCUT2D eigenvalue weighted by molar-refractivity contribution is 6.00. The highest BCUT2D eigenvalue weighted by Crippen LogP contribution is 2.37. The molecule has 2 aromatic carbocycles. The average Bonchev–Trinajstić information content (AvgIpc) is 3.38. The third-order valence-corrected chi connectivity index (χ3v) is 7.58. The average molecular weight is 581 g/mol. The highest BCUT2D eigenvalue weighted by Gasteiger charge is 2.39. The van der Waals surface area contributed by atoms with Gasteiger partial charge < -0.3 is 15.0 Å². The third kappa shape index (κ3) is 5.67. The van der Waals surface area contributed by atoms with Crippen molar-refractivity contribution in [3.05, 3.63) is 77.1 Å². The van der Waals surface area contributed by atoms with Gasteiger partial charge in [0.1, 0.15) is 11.3 Å². The predicted molar refractivity (Wildman–Crippen MR) is 151 cm³/mol. The topological polar surface area (TPSA) is 92.1 Å². The maximum Gasteiger partial charge on any atom is 0.433 e. The van der Waals surface area contributed by atoms with Gasteiger partial charge in [-0.25, -0.2) is 9.50 Å². The molecule has 2 aromatic heterocycles. The van der Waals surface area contributed by atoms with Crippen LogP contribution in [-0.4, -0.2) is 69.5 Å². The van der Waals surface area contributed by atoms with E-state index in [0.29, 0.717) is 43.2 Å². The second kappa shape index (κ2) is 11.4. The van der Waals surface area contributed by atoms with E-state index in [9.17, 15) is 22.8 Å². The first-order valence-corrected chi connectivity index (χ1v) is 13.5. The maximum absolute atomic E-state index is 14.3. The first kappa shape index (κ1) is 29.1. The lowest BCUT2D eigenvalue weighted by atomic mass is 10.0. The summed E-state index contributed by atoms with van der Waals surface area (Å²) in [5.41, 5.74) is 1.12. The molecule has 1 aliphatic rings. The Hall–Kier alpha value is -4.45. The first-order valence-electron chi connectivity index (χ1n) is 13.5. The minimum absolute atomic E-state index is 0.0137. The molecule has 1 fully saturated rings. The van der Waals surface area contributed by atoms with Crippen LogP contribution >= 0.6 is 0 Å². The molecule has 12 heteroatoms. The fourth-order valence-corrected chi connectivity index (χ4v) is 5.36. The van der Waals surface area contributed by atoms with Crippen molar-refractivity contribution in [2.75, 3.05) is 38.6 Å². The summed E-state index contributed by atoms with van der Waals surface area (Å²) in [5, 5.41) is 6.75. The van der Waals surface area contributed by atoms with Gasteiger partial charge in [0.05, 0.1) is 19.0 Å². The van der Waals surface area contributed by atoms with Crippen LogP contribution in [0.4, 0.5) is 18.9 Å². The molecule has 0 saturated carbocycles. The molecule has 1 N–H and O–H groups in total. The number of ether oxygens (including phenoxy) is 1. The lowest BCUT2D eigenvalue weighted by Gasteiger charge is -2.38. The Morgan fingerprint density at radius 2 is 1.74 bits per heavy atom. The molecule has 220 valence electrons. The number of amides is 2. The number of fused-ring (bicyclic) bond motifs is 1. The van der Waals surface area contributed by atoms with E-state index in [2.05, 4.69) is 27.2 Å². The number of carbonyl (C=O) groups excluding carboxylic acids is 2. The number of piperazine rings is 1. The van der Waals surface area contributed by atoms with Crippen molar-refractivity contribution >= 4 is 23.1 Å². The van der Waals surface area contributed by atoms with Gasteiger partial charge >= 0.3 is 6.18 Å². The van der Waals surface area contributed by atoms with Crippen LogP contribution in [0.1, 0.15) is 47.1 Å². The van der Waals surface area contributed by atoms with Gasteiger partial charge in [-0.15, -0.1) is 0 Å². The molecule has 3 heterocycles. The number of anilines is 1. The molecule has 9 nitrogen and oxygen atoms in total. The zero-order valence-corrected chi connectivity index (χ0v) is 23.7. The molecule has 0 unspecified atom stereocenters. The highest BCUT2D eigenvalue weighted by atomic mass is 19.4. The second-order valence-electron chi connectivity index (χ2n) is 10.3.